The third-order valence-electron chi connectivity index (χ3n) is 3.60. The molecule has 2 heterocycles. The molecular weight excluding hydrogens is 280 g/mol. The van der Waals surface area contributed by atoms with Crippen LogP contribution in [0, 0.1) is 5.92 Å². The molecule has 2 amide bonds. The number of hydrogen-bond acceptors (Lipinski definition) is 6. The first kappa shape index (κ1) is 13.6. The van der Waals surface area contributed by atoms with E-state index >= 15 is 0 Å². The molecule has 0 spiro atoms. The summed E-state index contributed by atoms with van der Waals surface area (Å²) in [7, 11) is 1.52. The molecule has 0 radical (unpaired) electrons. The number of carbonyl (C=O) groups excluding carboxylic acids is 1. The Morgan fingerprint density at radius 1 is 1.40 bits per heavy atom. The molecule has 1 aromatic rings. The van der Waals surface area contributed by atoms with E-state index in [2.05, 4.69) is 20.8 Å². The third kappa shape index (κ3) is 3.37. The number of ether oxygens (including phenoxy) is 2. The Kier molecular flexibility index (Phi) is 4.02. The molecule has 2 N–H and O–H groups in total. The van der Waals surface area contributed by atoms with Crippen molar-refractivity contribution >= 4 is 22.5 Å². The lowest BCUT2D eigenvalue weighted by atomic mass is 10.0. The Hall–Kier alpha value is -1.41. The first-order valence-corrected chi connectivity index (χ1v) is 7.63. The van der Waals surface area contributed by atoms with E-state index < -0.39 is 0 Å². The van der Waals surface area contributed by atoms with E-state index in [0.717, 1.165) is 19.4 Å². The number of nitrogens with zero attached hydrogens (tertiary/aromatic N) is 2. The van der Waals surface area contributed by atoms with Crippen LogP contribution >= 0.6 is 11.3 Å². The van der Waals surface area contributed by atoms with Crippen LogP contribution in [0.15, 0.2) is 0 Å². The average molecular weight is 298 g/mol. The van der Waals surface area contributed by atoms with E-state index in [0.29, 0.717) is 22.3 Å². The molecule has 0 aromatic carbocycles. The molecule has 110 valence electrons. The smallest absolute Gasteiger partial charge is 0.321 e. The molecule has 1 aliphatic heterocycles. The highest BCUT2D eigenvalue weighted by molar-refractivity contribution is 7.17. The Bertz CT molecular complexity index is 477. The van der Waals surface area contributed by atoms with Crippen LogP contribution in [-0.4, -0.2) is 42.1 Å². The van der Waals surface area contributed by atoms with Gasteiger partial charge in [-0.1, -0.05) is 5.10 Å². The van der Waals surface area contributed by atoms with Crippen LogP contribution in [0.2, 0.25) is 0 Å². The van der Waals surface area contributed by atoms with E-state index in [-0.39, 0.29) is 12.1 Å². The second-order valence-corrected chi connectivity index (χ2v) is 6.08. The lowest BCUT2D eigenvalue weighted by Gasteiger charge is -2.30. The van der Waals surface area contributed by atoms with Crippen molar-refractivity contribution in [2.24, 2.45) is 5.92 Å². The fraction of sp³-hybridized carbons (Fsp3) is 0.750. The lowest BCUT2D eigenvalue weighted by molar-refractivity contribution is -0.00889. The van der Waals surface area contributed by atoms with Crippen molar-refractivity contribution in [2.75, 3.05) is 19.0 Å². The Morgan fingerprint density at radius 2 is 2.25 bits per heavy atom. The van der Waals surface area contributed by atoms with Crippen LogP contribution in [-0.2, 0) is 4.74 Å². The van der Waals surface area contributed by atoms with Crippen LogP contribution in [0.5, 0.6) is 5.19 Å². The second kappa shape index (κ2) is 5.92. The van der Waals surface area contributed by atoms with E-state index in [1.165, 1.54) is 31.3 Å². The van der Waals surface area contributed by atoms with Crippen molar-refractivity contribution in [3.63, 3.8) is 0 Å². The number of hydrogen-bond donors (Lipinski definition) is 2. The van der Waals surface area contributed by atoms with Crippen molar-refractivity contribution in [1.82, 2.24) is 15.5 Å². The maximum atomic E-state index is 11.9. The molecule has 2 aliphatic rings. The highest BCUT2D eigenvalue weighted by Crippen LogP contribution is 2.38. The molecule has 1 aromatic heterocycles. The van der Waals surface area contributed by atoms with Crippen LogP contribution < -0.4 is 15.4 Å². The lowest BCUT2D eigenvalue weighted by Crippen LogP contribution is -2.44. The largest absolute Gasteiger partial charge is 0.472 e. The summed E-state index contributed by atoms with van der Waals surface area (Å²) in [5.41, 5.74) is 0. The van der Waals surface area contributed by atoms with Crippen molar-refractivity contribution in [1.29, 1.82) is 0 Å². The van der Waals surface area contributed by atoms with Gasteiger partial charge < -0.3 is 14.8 Å². The Morgan fingerprint density at radius 3 is 2.95 bits per heavy atom. The van der Waals surface area contributed by atoms with Crippen LogP contribution in [0.1, 0.15) is 25.7 Å². The minimum absolute atomic E-state index is 0.171. The van der Waals surface area contributed by atoms with Gasteiger partial charge in [-0.15, -0.1) is 5.10 Å². The predicted octanol–water partition coefficient (Wildman–Crippen LogP) is 1.63. The summed E-state index contributed by atoms with van der Waals surface area (Å²) in [4.78, 5) is 11.9. The SMILES string of the molecule is COc1nnc(NC(=O)N[C@@H]2CCO[C@@H](C3CC3)C2)s1. The minimum Gasteiger partial charge on any atom is -0.472 e. The zero-order valence-electron chi connectivity index (χ0n) is 11.3. The van der Waals surface area contributed by atoms with E-state index in [9.17, 15) is 4.79 Å². The molecule has 2 fully saturated rings. The number of methoxy groups -OCH3 is 1. The predicted molar refractivity (Wildman–Crippen MR) is 74.1 cm³/mol. The van der Waals surface area contributed by atoms with Crippen molar-refractivity contribution in [2.45, 2.75) is 37.8 Å². The van der Waals surface area contributed by atoms with Gasteiger partial charge in [-0.05, 0) is 42.9 Å². The maximum absolute atomic E-state index is 11.9. The normalized spacial score (nSPS) is 26.1. The standard InChI is InChI=1S/C12H18N4O3S/c1-18-12-16-15-11(20-12)14-10(17)13-8-4-5-19-9(6-8)7-2-3-7/h7-9H,2-6H2,1H3,(H2,13,14,15,17)/t8-,9-/m1/s1. The van der Waals surface area contributed by atoms with Gasteiger partial charge in [-0.3, -0.25) is 5.32 Å². The van der Waals surface area contributed by atoms with E-state index in [4.69, 9.17) is 9.47 Å². The Labute approximate surface area is 121 Å². The van der Waals surface area contributed by atoms with Gasteiger partial charge in [0.25, 0.3) is 5.19 Å². The monoisotopic (exact) mass is 298 g/mol. The van der Waals surface area contributed by atoms with Gasteiger partial charge in [0.15, 0.2) is 0 Å². The molecule has 1 saturated carbocycles. The highest BCUT2D eigenvalue weighted by atomic mass is 32.1. The van der Waals surface area contributed by atoms with Gasteiger partial charge in [-0.25, -0.2) is 4.79 Å². The number of rotatable bonds is 4. The molecule has 0 unspecified atom stereocenters. The number of amides is 2. The summed E-state index contributed by atoms with van der Waals surface area (Å²) in [6.45, 7) is 0.721. The number of anilines is 1. The average Bonchev–Trinajstić information content (AvgIpc) is 3.20. The van der Waals surface area contributed by atoms with Crippen LogP contribution in [0.3, 0.4) is 0 Å². The number of urea groups is 1. The van der Waals surface area contributed by atoms with Crippen molar-refractivity contribution in [3.05, 3.63) is 0 Å². The van der Waals surface area contributed by atoms with E-state index in [1.807, 2.05) is 0 Å². The number of carbonyl (C=O) groups is 1. The molecule has 20 heavy (non-hydrogen) atoms. The second-order valence-electron chi connectivity index (χ2n) is 5.14. The topological polar surface area (TPSA) is 85.4 Å². The van der Waals surface area contributed by atoms with Crippen molar-refractivity contribution < 1.29 is 14.3 Å². The summed E-state index contributed by atoms with van der Waals surface area (Å²) < 4.78 is 10.7. The summed E-state index contributed by atoms with van der Waals surface area (Å²) in [6.07, 6.45) is 4.59. The first-order chi connectivity index (χ1) is 9.74. The Balaban J connectivity index is 1.47. The van der Waals surface area contributed by atoms with Gasteiger partial charge in [0.05, 0.1) is 13.2 Å². The van der Waals surface area contributed by atoms with Gasteiger partial charge >= 0.3 is 6.03 Å². The molecule has 2 atom stereocenters. The third-order valence-corrected chi connectivity index (χ3v) is 4.40. The molecule has 1 aliphatic carbocycles. The maximum Gasteiger partial charge on any atom is 0.321 e. The quantitative estimate of drug-likeness (QED) is 0.882. The fourth-order valence-electron chi connectivity index (χ4n) is 2.42. The highest BCUT2D eigenvalue weighted by Gasteiger charge is 2.36. The molecule has 7 nitrogen and oxygen atoms in total. The minimum atomic E-state index is -0.245. The first-order valence-electron chi connectivity index (χ1n) is 6.81. The summed E-state index contributed by atoms with van der Waals surface area (Å²) in [5.74, 6) is 0.704. The number of aromatic nitrogens is 2. The fourth-order valence-corrected chi connectivity index (χ4v) is 2.97. The summed E-state index contributed by atoms with van der Waals surface area (Å²) in [5, 5.41) is 14.1. The van der Waals surface area contributed by atoms with Crippen LogP contribution in [0.4, 0.5) is 9.93 Å². The van der Waals surface area contributed by atoms with Gasteiger partial charge in [-0.2, -0.15) is 0 Å². The van der Waals surface area contributed by atoms with Gasteiger partial charge in [0, 0.05) is 12.6 Å². The van der Waals surface area contributed by atoms with Gasteiger partial charge in [0.1, 0.15) is 0 Å². The molecule has 0 bridgehead atoms. The summed E-state index contributed by atoms with van der Waals surface area (Å²) in [6, 6.07) is -0.0746. The van der Waals surface area contributed by atoms with E-state index in [1.54, 1.807) is 0 Å². The zero-order chi connectivity index (χ0) is 13.9. The molecule has 8 heteroatoms. The summed E-state index contributed by atoms with van der Waals surface area (Å²) >= 11 is 1.20. The van der Waals surface area contributed by atoms with Crippen molar-refractivity contribution in [3.8, 4) is 5.19 Å². The van der Waals surface area contributed by atoms with Crippen LogP contribution in [0.25, 0.3) is 0 Å². The molecule has 3 rings (SSSR count). The number of nitrogens with one attached hydrogen (secondary N) is 2. The molecule has 1 saturated heterocycles. The molecular formula is C12H18N4O3S. The zero-order valence-corrected chi connectivity index (χ0v) is 12.1. The van der Waals surface area contributed by atoms with Gasteiger partial charge in [0.2, 0.25) is 5.13 Å².